The minimum Gasteiger partial charge on any atom is -0.370 e. The zero-order chi connectivity index (χ0) is 12.3. The third-order valence-electron chi connectivity index (χ3n) is 3.01. The molecule has 0 fully saturated rings. The maximum Gasteiger partial charge on any atom is 0.217 e. The lowest BCUT2D eigenvalue weighted by Crippen LogP contribution is -2.10. The van der Waals surface area contributed by atoms with Gasteiger partial charge in [-0.25, -0.2) is 0 Å². The van der Waals surface area contributed by atoms with Crippen molar-refractivity contribution in [1.29, 1.82) is 0 Å². The summed E-state index contributed by atoms with van der Waals surface area (Å²) in [6.07, 6.45) is 5.34. The van der Waals surface area contributed by atoms with Gasteiger partial charge >= 0.3 is 0 Å². The largest absolute Gasteiger partial charge is 0.370 e. The molecule has 2 aromatic rings. The Kier molecular flexibility index (Phi) is 3.47. The number of hydrogen-bond acceptors (Lipinski definition) is 1. The quantitative estimate of drug-likeness (QED) is 0.814. The van der Waals surface area contributed by atoms with E-state index in [0.717, 1.165) is 18.4 Å². The number of H-pyrrole nitrogens is 1. The van der Waals surface area contributed by atoms with Crippen LogP contribution in [-0.2, 0) is 17.6 Å². The van der Waals surface area contributed by atoms with E-state index in [1.165, 1.54) is 16.5 Å². The number of carbonyl (C=O) groups is 1. The van der Waals surface area contributed by atoms with Crippen LogP contribution in [0.2, 0.25) is 0 Å². The summed E-state index contributed by atoms with van der Waals surface area (Å²) in [5, 5.41) is 1.22. The molecule has 3 N–H and O–H groups in total. The highest BCUT2D eigenvalue weighted by atomic mass is 16.1. The molecule has 17 heavy (non-hydrogen) atoms. The number of aryl methyl sites for hydroxylation is 2. The highest BCUT2D eigenvalue weighted by Crippen LogP contribution is 2.21. The molecule has 0 aliphatic rings. The summed E-state index contributed by atoms with van der Waals surface area (Å²) in [6, 6.07) is 6.47. The second-order valence-electron chi connectivity index (χ2n) is 4.41. The molecule has 0 aliphatic heterocycles. The molecule has 1 aromatic carbocycles. The first kappa shape index (κ1) is 11.7. The van der Waals surface area contributed by atoms with Gasteiger partial charge in [-0.1, -0.05) is 19.4 Å². The first-order valence-corrected chi connectivity index (χ1v) is 6.08. The van der Waals surface area contributed by atoms with Gasteiger partial charge in [-0.05, 0) is 36.1 Å². The van der Waals surface area contributed by atoms with Crippen molar-refractivity contribution in [3.8, 4) is 0 Å². The molecule has 0 radical (unpaired) electrons. The van der Waals surface area contributed by atoms with E-state index in [4.69, 9.17) is 5.73 Å². The van der Waals surface area contributed by atoms with Crippen molar-refractivity contribution in [2.75, 3.05) is 0 Å². The Morgan fingerprint density at radius 3 is 2.88 bits per heavy atom. The molecule has 0 bridgehead atoms. The van der Waals surface area contributed by atoms with E-state index in [9.17, 15) is 4.79 Å². The lowest BCUT2D eigenvalue weighted by molar-refractivity contribution is -0.117. The van der Waals surface area contributed by atoms with Crippen LogP contribution in [0.1, 0.15) is 30.9 Å². The SMILES string of the molecule is CCCc1ccc2[nH]cc(CCC(N)=O)c2c1. The van der Waals surface area contributed by atoms with E-state index in [1.807, 2.05) is 6.20 Å². The number of aromatic amines is 1. The Morgan fingerprint density at radius 2 is 2.18 bits per heavy atom. The molecule has 1 aromatic heterocycles. The van der Waals surface area contributed by atoms with Gasteiger partial charge in [0.05, 0.1) is 0 Å². The normalized spacial score (nSPS) is 10.9. The van der Waals surface area contributed by atoms with Crippen LogP contribution in [0.15, 0.2) is 24.4 Å². The molecule has 1 heterocycles. The molecule has 2 rings (SSSR count). The topological polar surface area (TPSA) is 58.9 Å². The average Bonchev–Trinajstić information content (AvgIpc) is 2.69. The zero-order valence-electron chi connectivity index (χ0n) is 10.1. The van der Waals surface area contributed by atoms with Crippen LogP contribution in [-0.4, -0.2) is 10.9 Å². The predicted molar refractivity (Wildman–Crippen MR) is 69.8 cm³/mol. The van der Waals surface area contributed by atoms with Crippen molar-refractivity contribution in [2.45, 2.75) is 32.6 Å². The van der Waals surface area contributed by atoms with E-state index < -0.39 is 0 Å². The molecule has 0 spiro atoms. The van der Waals surface area contributed by atoms with Crippen molar-refractivity contribution < 1.29 is 4.79 Å². The molecule has 0 atom stereocenters. The predicted octanol–water partition coefficient (Wildman–Crippen LogP) is 2.54. The number of carbonyl (C=O) groups excluding carboxylic acids is 1. The Morgan fingerprint density at radius 1 is 1.35 bits per heavy atom. The molecule has 90 valence electrons. The maximum atomic E-state index is 10.8. The van der Waals surface area contributed by atoms with E-state index >= 15 is 0 Å². The Labute approximate surface area is 101 Å². The molecule has 0 saturated heterocycles. The van der Waals surface area contributed by atoms with Crippen molar-refractivity contribution in [2.24, 2.45) is 5.73 Å². The Balaban J connectivity index is 2.29. The molecule has 1 amide bonds. The van der Waals surface area contributed by atoms with Crippen molar-refractivity contribution in [3.63, 3.8) is 0 Å². The summed E-state index contributed by atoms with van der Waals surface area (Å²) in [4.78, 5) is 14.0. The third kappa shape index (κ3) is 2.67. The van der Waals surface area contributed by atoms with Crippen LogP contribution >= 0.6 is 0 Å². The smallest absolute Gasteiger partial charge is 0.217 e. The average molecular weight is 230 g/mol. The summed E-state index contributed by atoms with van der Waals surface area (Å²) in [5.41, 5.74) is 8.84. The fourth-order valence-electron chi connectivity index (χ4n) is 2.13. The van der Waals surface area contributed by atoms with Gasteiger partial charge in [-0.2, -0.15) is 0 Å². The van der Waals surface area contributed by atoms with Crippen LogP contribution in [0.4, 0.5) is 0 Å². The maximum absolute atomic E-state index is 10.8. The summed E-state index contributed by atoms with van der Waals surface area (Å²) in [5.74, 6) is -0.246. The Bertz CT molecular complexity index is 528. The number of nitrogens with one attached hydrogen (secondary N) is 1. The number of fused-ring (bicyclic) bond motifs is 1. The lowest BCUT2D eigenvalue weighted by Gasteiger charge is -2.01. The standard InChI is InChI=1S/C14H18N2O/c1-2-3-10-4-6-13-12(8-10)11(9-16-13)5-7-14(15)17/h4,6,8-9,16H,2-3,5,7H2,1H3,(H2,15,17). The molecule has 3 nitrogen and oxygen atoms in total. The van der Waals surface area contributed by atoms with Crippen molar-refractivity contribution in [3.05, 3.63) is 35.5 Å². The highest BCUT2D eigenvalue weighted by Gasteiger charge is 2.05. The number of benzene rings is 1. The molecule has 3 heteroatoms. The lowest BCUT2D eigenvalue weighted by atomic mass is 10.0. The van der Waals surface area contributed by atoms with Gasteiger partial charge in [0.15, 0.2) is 0 Å². The number of amides is 1. The number of rotatable bonds is 5. The fourth-order valence-corrected chi connectivity index (χ4v) is 2.13. The van der Waals surface area contributed by atoms with Gasteiger partial charge in [-0.3, -0.25) is 4.79 Å². The third-order valence-corrected chi connectivity index (χ3v) is 3.01. The van der Waals surface area contributed by atoms with Crippen molar-refractivity contribution >= 4 is 16.8 Å². The summed E-state index contributed by atoms with van der Waals surface area (Å²) < 4.78 is 0. The van der Waals surface area contributed by atoms with Crippen LogP contribution < -0.4 is 5.73 Å². The van der Waals surface area contributed by atoms with E-state index in [1.54, 1.807) is 0 Å². The molecule has 0 saturated carbocycles. The Hall–Kier alpha value is -1.77. The number of hydrogen-bond donors (Lipinski definition) is 2. The summed E-state index contributed by atoms with van der Waals surface area (Å²) >= 11 is 0. The van der Waals surface area contributed by atoms with Crippen LogP contribution in [0.3, 0.4) is 0 Å². The number of primary amides is 1. The van der Waals surface area contributed by atoms with Gasteiger partial charge in [0, 0.05) is 23.5 Å². The van der Waals surface area contributed by atoms with Crippen molar-refractivity contribution in [1.82, 2.24) is 4.98 Å². The minimum absolute atomic E-state index is 0.246. The molecule has 0 aliphatic carbocycles. The first-order chi connectivity index (χ1) is 8.20. The van der Waals surface area contributed by atoms with E-state index in [0.29, 0.717) is 12.8 Å². The summed E-state index contributed by atoms with van der Waals surface area (Å²) in [7, 11) is 0. The van der Waals surface area contributed by atoms with E-state index in [2.05, 4.69) is 30.1 Å². The number of nitrogens with two attached hydrogens (primary N) is 1. The monoisotopic (exact) mass is 230 g/mol. The van der Waals surface area contributed by atoms with Crippen LogP contribution in [0, 0.1) is 0 Å². The van der Waals surface area contributed by atoms with E-state index in [-0.39, 0.29) is 5.91 Å². The summed E-state index contributed by atoms with van der Waals surface area (Å²) in [6.45, 7) is 2.18. The van der Waals surface area contributed by atoms with Gasteiger partial charge in [0.25, 0.3) is 0 Å². The zero-order valence-corrected chi connectivity index (χ0v) is 10.1. The fraction of sp³-hybridized carbons (Fsp3) is 0.357. The minimum atomic E-state index is -0.246. The molecular weight excluding hydrogens is 212 g/mol. The van der Waals surface area contributed by atoms with Crippen LogP contribution in [0.5, 0.6) is 0 Å². The first-order valence-electron chi connectivity index (χ1n) is 6.08. The molecular formula is C14H18N2O. The molecule has 0 unspecified atom stereocenters. The van der Waals surface area contributed by atoms with Gasteiger partial charge in [0.2, 0.25) is 5.91 Å². The van der Waals surface area contributed by atoms with Crippen LogP contribution in [0.25, 0.3) is 10.9 Å². The highest BCUT2D eigenvalue weighted by molar-refractivity contribution is 5.84. The number of aromatic nitrogens is 1. The second-order valence-corrected chi connectivity index (χ2v) is 4.41. The van der Waals surface area contributed by atoms with Gasteiger partial charge in [0.1, 0.15) is 0 Å². The van der Waals surface area contributed by atoms with Gasteiger partial charge in [-0.15, -0.1) is 0 Å². The van der Waals surface area contributed by atoms with Gasteiger partial charge < -0.3 is 10.7 Å². The second kappa shape index (κ2) is 5.04.